The maximum atomic E-state index is 11.7. The number of carbonyl (C=O) groups excluding carboxylic acids is 1. The molecule has 0 aromatic rings. The molecule has 1 aliphatic rings. The molecule has 2 heteroatoms. The van der Waals surface area contributed by atoms with Gasteiger partial charge in [-0.2, -0.15) is 0 Å². The van der Waals surface area contributed by atoms with Gasteiger partial charge in [-0.05, 0) is 25.3 Å². The lowest BCUT2D eigenvalue weighted by Gasteiger charge is -2.29. The monoisotopic (exact) mass is 196 g/mol. The Morgan fingerprint density at radius 1 is 1.31 bits per heavy atom. The highest BCUT2D eigenvalue weighted by atomic mass is 28.3. The summed E-state index contributed by atoms with van der Waals surface area (Å²) in [4.78, 5) is 11.7. The molecule has 0 spiro atoms. The van der Waals surface area contributed by atoms with Gasteiger partial charge in [-0.3, -0.25) is 4.79 Å². The van der Waals surface area contributed by atoms with Gasteiger partial charge in [-0.25, -0.2) is 0 Å². The molecular weight excluding hydrogens is 176 g/mol. The largest absolute Gasteiger partial charge is 0.294 e. The van der Waals surface area contributed by atoms with Crippen LogP contribution in [0.25, 0.3) is 0 Å². The molecule has 0 bridgehead atoms. The van der Waals surface area contributed by atoms with E-state index in [1.54, 1.807) is 0 Å². The number of ketones is 1. The zero-order valence-electron chi connectivity index (χ0n) is 9.40. The van der Waals surface area contributed by atoms with Crippen LogP contribution in [0.5, 0.6) is 0 Å². The molecule has 74 valence electrons. The van der Waals surface area contributed by atoms with E-state index in [9.17, 15) is 4.79 Å². The van der Waals surface area contributed by atoms with E-state index in [4.69, 9.17) is 0 Å². The first kappa shape index (κ1) is 10.7. The summed E-state index contributed by atoms with van der Waals surface area (Å²) in [6.45, 7) is 11.1. The summed E-state index contributed by atoms with van der Waals surface area (Å²) in [6, 6.07) is 0. The van der Waals surface area contributed by atoms with E-state index >= 15 is 0 Å². The van der Waals surface area contributed by atoms with Crippen molar-refractivity contribution in [2.75, 3.05) is 0 Å². The van der Waals surface area contributed by atoms with E-state index in [2.05, 4.69) is 19.6 Å². The molecule has 0 saturated carbocycles. The minimum absolute atomic E-state index is 0.264. The van der Waals surface area contributed by atoms with Gasteiger partial charge >= 0.3 is 0 Å². The lowest BCUT2D eigenvalue weighted by Crippen LogP contribution is -2.31. The van der Waals surface area contributed by atoms with E-state index in [0.29, 0.717) is 5.78 Å². The van der Waals surface area contributed by atoms with Crippen molar-refractivity contribution in [2.45, 2.75) is 46.3 Å². The highest BCUT2D eigenvalue weighted by Crippen LogP contribution is 2.31. The third kappa shape index (κ3) is 2.10. The average molecular weight is 196 g/mol. The van der Waals surface area contributed by atoms with Gasteiger partial charge in [0, 0.05) is 5.92 Å². The molecule has 0 radical (unpaired) electrons. The second kappa shape index (κ2) is 3.41. The molecule has 0 heterocycles. The first-order chi connectivity index (χ1) is 5.84. The van der Waals surface area contributed by atoms with Crippen molar-refractivity contribution in [3.05, 3.63) is 10.8 Å². The summed E-state index contributed by atoms with van der Waals surface area (Å²) in [5.74, 6) is 0.656. The summed E-state index contributed by atoms with van der Waals surface area (Å²) in [7, 11) is -1.23. The summed E-state index contributed by atoms with van der Waals surface area (Å²) in [6.07, 6.45) is 2.23. The highest BCUT2D eigenvalue weighted by molar-refractivity contribution is 6.83. The van der Waals surface area contributed by atoms with Crippen LogP contribution in [-0.4, -0.2) is 13.9 Å². The number of allylic oxidation sites excluding steroid dienone is 2. The number of rotatable bonds is 1. The highest BCUT2D eigenvalue weighted by Gasteiger charge is 2.30. The maximum Gasteiger partial charge on any atom is 0.160 e. The Balaban J connectivity index is 3.04. The fourth-order valence-electron chi connectivity index (χ4n) is 2.14. The predicted octanol–water partition coefficient (Wildman–Crippen LogP) is 3.18. The van der Waals surface area contributed by atoms with Crippen molar-refractivity contribution in [3.8, 4) is 0 Å². The van der Waals surface area contributed by atoms with Crippen molar-refractivity contribution < 1.29 is 4.79 Å². The summed E-state index contributed by atoms with van der Waals surface area (Å²) >= 11 is 0. The number of hydrogen-bond donors (Lipinski definition) is 0. The summed E-state index contributed by atoms with van der Waals surface area (Å²) in [5.41, 5.74) is 1.08. The molecule has 0 N–H and O–H groups in total. The number of hydrogen-bond acceptors (Lipinski definition) is 1. The molecule has 1 rings (SSSR count). The van der Waals surface area contributed by atoms with E-state index in [1.165, 1.54) is 5.20 Å². The molecule has 0 fully saturated rings. The van der Waals surface area contributed by atoms with E-state index < -0.39 is 8.07 Å². The quantitative estimate of drug-likeness (QED) is 0.589. The fourth-order valence-corrected chi connectivity index (χ4v) is 4.28. The average Bonchev–Trinajstić information content (AvgIpc) is 1.98. The van der Waals surface area contributed by atoms with Crippen LogP contribution in [0.4, 0.5) is 0 Å². The van der Waals surface area contributed by atoms with Crippen LogP contribution in [0.1, 0.15) is 26.7 Å². The second-order valence-corrected chi connectivity index (χ2v) is 10.3. The lowest BCUT2D eigenvalue weighted by atomic mass is 9.89. The first-order valence-corrected chi connectivity index (χ1v) is 8.58. The SMILES string of the molecule is CC1=C([Si](C)(C)C)CCC(C)C1=O. The van der Waals surface area contributed by atoms with Crippen molar-refractivity contribution in [3.63, 3.8) is 0 Å². The molecule has 0 aromatic heterocycles. The summed E-state index contributed by atoms with van der Waals surface area (Å²) in [5, 5.41) is 1.50. The van der Waals surface area contributed by atoms with Crippen LogP contribution in [0.3, 0.4) is 0 Å². The van der Waals surface area contributed by atoms with Gasteiger partial charge in [-0.15, -0.1) is 0 Å². The third-order valence-corrected chi connectivity index (χ3v) is 5.44. The lowest BCUT2D eigenvalue weighted by molar-refractivity contribution is -0.119. The standard InChI is InChI=1S/C11H20OSi/c1-8-6-7-10(13(3,4)5)9(2)11(8)12/h8H,6-7H2,1-5H3. The van der Waals surface area contributed by atoms with Gasteiger partial charge in [-0.1, -0.05) is 31.8 Å². The maximum absolute atomic E-state index is 11.7. The van der Waals surface area contributed by atoms with Crippen LogP contribution in [-0.2, 0) is 4.79 Å². The molecule has 13 heavy (non-hydrogen) atoms. The van der Waals surface area contributed by atoms with Gasteiger partial charge in [0.25, 0.3) is 0 Å². The molecule has 1 atom stereocenters. The minimum atomic E-state index is -1.23. The first-order valence-electron chi connectivity index (χ1n) is 5.08. The van der Waals surface area contributed by atoms with Gasteiger partial charge in [0.05, 0.1) is 8.07 Å². The van der Waals surface area contributed by atoms with Crippen LogP contribution >= 0.6 is 0 Å². The molecular formula is C11H20OSi. The Hall–Kier alpha value is -0.373. The van der Waals surface area contributed by atoms with E-state index in [-0.39, 0.29) is 5.92 Å². The minimum Gasteiger partial charge on any atom is -0.294 e. The fraction of sp³-hybridized carbons (Fsp3) is 0.727. The molecule has 0 aromatic carbocycles. The smallest absolute Gasteiger partial charge is 0.160 e. The topological polar surface area (TPSA) is 17.1 Å². The molecule has 1 nitrogen and oxygen atoms in total. The Bertz CT molecular complexity index is 258. The van der Waals surface area contributed by atoms with Crippen LogP contribution in [0.2, 0.25) is 19.6 Å². The van der Waals surface area contributed by atoms with Crippen molar-refractivity contribution in [1.29, 1.82) is 0 Å². The molecule has 1 aliphatic carbocycles. The van der Waals surface area contributed by atoms with Crippen LogP contribution in [0.15, 0.2) is 10.8 Å². The van der Waals surface area contributed by atoms with E-state index in [1.807, 2.05) is 13.8 Å². The zero-order chi connectivity index (χ0) is 10.2. The van der Waals surface area contributed by atoms with Crippen LogP contribution < -0.4 is 0 Å². The zero-order valence-corrected chi connectivity index (χ0v) is 10.4. The van der Waals surface area contributed by atoms with Gasteiger partial charge in [0.1, 0.15) is 0 Å². The van der Waals surface area contributed by atoms with Gasteiger partial charge < -0.3 is 0 Å². The van der Waals surface area contributed by atoms with E-state index in [0.717, 1.165) is 18.4 Å². The van der Waals surface area contributed by atoms with Gasteiger partial charge in [0.2, 0.25) is 0 Å². The Morgan fingerprint density at radius 3 is 2.31 bits per heavy atom. The molecule has 0 aliphatic heterocycles. The third-order valence-electron chi connectivity index (χ3n) is 3.00. The Kier molecular flexibility index (Phi) is 2.81. The Labute approximate surface area is 82.2 Å². The molecule has 1 unspecified atom stereocenters. The van der Waals surface area contributed by atoms with Crippen LogP contribution in [0, 0.1) is 5.92 Å². The Morgan fingerprint density at radius 2 is 1.85 bits per heavy atom. The van der Waals surface area contributed by atoms with Crippen molar-refractivity contribution in [2.24, 2.45) is 5.92 Å². The van der Waals surface area contributed by atoms with Crippen molar-refractivity contribution >= 4 is 13.9 Å². The second-order valence-electron chi connectivity index (χ2n) is 5.16. The van der Waals surface area contributed by atoms with Crippen molar-refractivity contribution in [1.82, 2.24) is 0 Å². The van der Waals surface area contributed by atoms with Gasteiger partial charge in [0.15, 0.2) is 5.78 Å². The number of carbonyl (C=O) groups is 1. The number of Topliss-reactive ketones (excluding diaryl/α,β-unsaturated/α-hetero) is 1. The molecule has 0 amide bonds. The predicted molar refractivity (Wildman–Crippen MR) is 59.5 cm³/mol. The summed E-state index contributed by atoms with van der Waals surface area (Å²) < 4.78 is 0. The molecule has 0 saturated heterocycles. The normalized spacial score (nSPS) is 25.3.